The fraction of sp³-hybridized carbons (Fsp3) is 0.524. The summed E-state index contributed by atoms with van der Waals surface area (Å²) in [6.07, 6.45) is 4.68. The molecule has 2 heterocycles. The maximum Gasteiger partial charge on any atom is 0.387 e. The van der Waals surface area contributed by atoms with Crippen LogP contribution >= 0.6 is 0 Å². The molecule has 0 spiro atoms. The lowest BCUT2D eigenvalue weighted by Crippen LogP contribution is -2.37. The molecule has 1 fully saturated rings. The molecule has 4 rings (SSSR count). The summed E-state index contributed by atoms with van der Waals surface area (Å²) < 4.78 is 35.0. The Morgan fingerprint density at radius 1 is 1.13 bits per heavy atom. The number of ether oxygens (including phenoxy) is 2. The maximum atomic E-state index is 12.4. The Morgan fingerprint density at radius 3 is 2.73 bits per heavy atom. The molecule has 0 unspecified atom stereocenters. The SMILES string of the molecule is Oc1cc(OC(F)F)ccc1-c1nnc(N[C@@H]2CCCC[C@H]2O)c2c1CCCOC2. The van der Waals surface area contributed by atoms with Gasteiger partial charge in [0.25, 0.3) is 0 Å². The molecule has 1 aromatic heterocycles. The smallest absolute Gasteiger partial charge is 0.387 e. The van der Waals surface area contributed by atoms with E-state index >= 15 is 0 Å². The number of halogens is 2. The van der Waals surface area contributed by atoms with E-state index in [2.05, 4.69) is 20.3 Å². The summed E-state index contributed by atoms with van der Waals surface area (Å²) in [6, 6.07) is 3.92. The second kappa shape index (κ2) is 9.09. The van der Waals surface area contributed by atoms with Gasteiger partial charge in [-0.05, 0) is 43.4 Å². The Morgan fingerprint density at radius 2 is 1.97 bits per heavy atom. The number of fused-ring (bicyclic) bond motifs is 1. The van der Waals surface area contributed by atoms with E-state index in [1.807, 2.05) is 0 Å². The van der Waals surface area contributed by atoms with E-state index in [-0.39, 0.29) is 17.5 Å². The van der Waals surface area contributed by atoms with Crippen molar-refractivity contribution in [3.05, 3.63) is 29.3 Å². The first-order chi connectivity index (χ1) is 14.5. The number of nitrogens with one attached hydrogen (secondary N) is 1. The summed E-state index contributed by atoms with van der Waals surface area (Å²) in [5, 5.41) is 32.8. The lowest BCUT2D eigenvalue weighted by molar-refractivity contribution is -0.0499. The number of anilines is 1. The first-order valence-electron chi connectivity index (χ1n) is 10.2. The van der Waals surface area contributed by atoms with Crippen LogP contribution in [-0.4, -0.2) is 45.8 Å². The third-order valence-electron chi connectivity index (χ3n) is 5.65. The molecular weight excluding hydrogens is 396 g/mol. The van der Waals surface area contributed by atoms with Gasteiger partial charge in [0, 0.05) is 23.8 Å². The van der Waals surface area contributed by atoms with Gasteiger partial charge in [0.1, 0.15) is 17.2 Å². The van der Waals surface area contributed by atoms with Gasteiger partial charge in [-0.15, -0.1) is 10.2 Å². The highest BCUT2D eigenvalue weighted by Crippen LogP contribution is 2.37. The summed E-state index contributed by atoms with van der Waals surface area (Å²) >= 11 is 0. The lowest BCUT2D eigenvalue weighted by atomic mass is 9.92. The van der Waals surface area contributed by atoms with E-state index in [0.29, 0.717) is 36.7 Å². The molecule has 1 aliphatic carbocycles. The summed E-state index contributed by atoms with van der Waals surface area (Å²) in [6.45, 7) is -2.03. The summed E-state index contributed by atoms with van der Waals surface area (Å²) in [4.78, 5) is 0. The van der Waals surface area contributed by atoms with Gasteiger partial charge in [-0.1, -0.05) is 12.8 Å². The van der Waals surface area contributed by atoms with Crippen LogP contribution in [0.2, 0.25) is 0 Å². The van der Waals surface area contributed by atoms with Crippen LogP contribution in [0.1, 0.15) is 43.2 Å². The van der Waals surface area contributed by atoms with E-state index in [1.54, 1.807) is 0 Å². The van der Waals surface area contributed by atoms with Gasteiger partial charge >= 0.3 is 6.61 Å². The highest BCUT2D eigenvalue weighted by atomic mass is 19.3. The molecule has 1 aliphatic heterocycles. The molecule has 0 amide bonds. The Balaban J connectivity index is 1.69. The maximum absolute atomic E-state index is 12.4. The number of aromatic hydroxyl groups is 1. The zero-order chi connectivity index (χ0) is 21.1. The Labute approximate surface area is 173 Å². The third-order valence-corrected chi connectivity index (χ3v) is 5.65. The average molecular weight is 421 g/mol. The van der Waals surface area contributed by atoms with Gasteiger partial charge in [-0.3, -0.25) is 0 Å². The van der Waals surface area contributed by atoms with Gasteiger partial charge in [0.05, 0.1) is 18.8 Å². The van der Waals surface area contributed by atoms with Crippen molar-refractivity contribution in [2.75, 3.05) is 11.9 Å². The van der Waals surface area contributed by atoms with Crippen LogP contribution in [0.15, 0.2) is 18.2 Å². The van der Waals surface area contributed by atoms with E-state index < -0.39 is 12.7 Å². The number of phenols is 1. The summed E-state index contributed by atoms with van der Waals surface area (Å²) in [5.41, 5.74) is 2.63. The molecule has 2 aliphatic rings. The Bertz CT molecular complexity index is 897. The Kier molecular flexibility index (Phi) is 6.29. The predicted molar refractivity (Wildman–Crippen MR) is 106 cm³/mol. The third kappa shape index (κ3) is 4.46. The number of nitrogens with zero attached hydrogens (tertiary/aromatic N) is 2. The van der Waals surface area contributed by atoms with Crippen LogP contribution in [0.3, 0.4) is 0 Å². The molecule has 162 valence electrons. The first-order valence-corrected chi connectivity index (χ1v) is 10.2. The lowest BCUT2D eigenvalue weighted by Gasteiger charge is -2.29. The van der Waals surface area contributed by atoms with Gasteiger partial charge in [0.2, 0.25) is 0 Å². The second-order valence-corrected chi connectivity index (χ2v) is 7.67. The minimum absolute atomic E-state index is 0.0922. The predicted octanol–water partition coefficient (Wildman–Crippen LogP) is 3.63. The fourth-order valence-corrected chi connectivity index (χ4v) is 4.13. The van der Waals surface area contributed by atoms with Crippen molar-refractivity contribution in [2.24, 2.45) is 0 Å². The van der Waals surface area contributed by atoms with Gasteiger partial charge in [0.15, 0.2) is 5.82 Å². The first kappa shape index (κ1) is 20.7. The molecule has 1 aromatic carbocycles. The average Bonchev–Trinajstić information content (AvgIpc) is 2.96. The normalized spacial score (nSPS) is 21.7. The highest BCUT2D eigenvalue weighted by molar-refractivity contribution is 5.73. The van der Waals surface area contributed by atoms with Crippen molar-refractivity contribution in [1.29, 1.82) is 0 Å². The fourth-order valence-electron chi connectivity index (χ4n) is 4.13. The number of benzene rings is 1. The van der Waals surface area contributed by atoms with Crippen LogP contribution in [0.5, 0.6) is 11.5 Å². The van der Waals surface area contributed by atoms with Crippen molar-refractivity contribution < 1.29 is 28.5 Å². The van der Waals surface area contributed by atoms with E-state index in [9.17, 15) is 19.0 Å². The van der Waals surface area contributed by atoms with Crippen molar-refractivity contribution in [3.63, 3.8) is 0 Å². The number of aromatic nitrogens is 2. The quantitative estimate of drug-likeness (QED) is 0.678. The minimum Gasteiger partial charge on any atom is -0.507 e. The van der Waals surface area contributed by atoms with E-state index in [4.69, 9.17) is 4.74 Å². The Hall–Kier alpha value is -2.52. The number of hydrogen-bond acceptors (Lipinski definition) is 7. The molecule has 0 saturated heterocycles. The number of hydrogen-bond donors (Lipinski definition) is 3. The van der Waals surface area contributed by atoms with Crippen molar-refractivity contribution in [1.82, 2.24) is 10.2 Å². The highest BCUT2D eigenvalue weighted by Gasteiger charge is 2.27. The molecular formula is C21H25F2N3O4. The van der Waals surface area contributed by atoms with Gasteiger partial charge in [-0.2, -0.15) is 8.78 Å². The monoisotopic (exact) mass is 421 g/mol. The minimum atomic E-state index is -2.97. The largest absolute Gasteiger partial charge is 0.507 e. The number of alkyl halides is 2. The van der Waals surface area contributed by atoms with Crippen molar-refractivity contribution in [2.45, 2.75) is 63.9 Å². The van der Waals surface area contributed by atoms with E-state index in [1.165, 1.54) is 12.1 Å². The number of phenolic OH excluding ortho intramolecular Hbond substituents is 1. The van der Waals surface area contributed by atoms with Crippen LogP contribution < -0.4 is 10.1 Å². The molecule has 7 nitrogen and oxygen atoms in total. The van der Waals surface area contributed by atoms with E-state index in [0.717, 1.165) is 49.3 Å². The van der Waals surface area contributed by atoms with Crippen molar-refractivity contribution >= 4 is 5.82 Å². The van der Waals surface area contributed by atoms with Gasteiger partial charge < -0.3 is 25.0 Å². The second-order valence-electron chi connectivity index (χ2n) is 7.67. The van der Waals surface area contributed by atoms with Crippen LogP contribution in [0, 0.1) is 0 Å². The summed E-state index contributed by atoms with van der Waals surface area (Å²) in [7, 11) is 0. The standard InChI is InChI=1S/C21H25F2N3O4/c22-21(23)30-12-7-8-14(18(28)10-12)19-13-4-3-9-29-11-15(13)20(26-25-19)24-16-5-1-2-6-17(16)27/h7-8,10,16-17,21,27-28H,1-6,9,11H2,(H,24,26)/t16-,17-/m1/s1. The topological polar surface area (TPSA) is 96.7 Å². The van der Waals surface area contributed by atoms with Crippen LogP contribution in [-0.2, 0) is 17.8 Å². The molecule has 2 atom stereocenters. The number of aliphatic hydroxyl groups is 1. The number of aliphatic hydroxyl groups excluding tert-OH is 1. The molecule has 0 radical (unpaired) electrons. The molecule has 1 saturated carbocycles. The zero-order valence-corrected chi connectivity index (χ0v) is 16.5. The zero-order valence-electron chi connectivity index (χ0n) is 16.5. The van der Waals surface area contributed by atoms with Crippen LogP contribution in [0.25, 0.3) is 11.3 Å². The summed E-state index contributed by atoms with van der Waals surface area (Å²) in [5.74, 6) is 0.246. The van der Waals surface area contributed by atoms with Crippen LogP contribution in [0.4, 0.5) is 14.6 Å². The van der Waals surface area contributed by atoms with Crippen molar-refractivity contribution in [3.8, 4) is 22.8 Å². The molecule has 0 bridgehead atoms. The number of rotatable bonds is 5. The molecule has 2 aromatic rings. The molecule has 30 heavy (non-hydrogen) atoms. The molecule has 9 heteroatoms. The van der Waals surface area contributed by atoms with Gasteiger partial charge in [-0.25, -0.2) is 0 Å². The molecule has 3 N–H and O–H groups in total.